The van der Waals surface area contributed by atoms with E-state index in [9.17, 15) is 9.90 Å². The second-order valence-electron chi connectivity index (χ2n) is 11.3. The lowest BCUT2D eigenvalue weighted by molar-refractivity contribution is 0.0695. The first kappa shape index (κ1) is 31.7. The minimum absolute atomic E-state index is 0.168. The highest BCUT2D eigenvalue weighted by Crippen LogP contribution is 2.31. The van der Waals surface area contributed by atoms with Crippen molar-refractivity contribution in [2.75, 3.05) is 25.1 Å². The number of nitrogens with zero attached hydrogens (tertiary/aromatic N) is 1. The van der Waals surface area contributed by atoms with E-state index in [2.05, 4.69) is 76.7 Å². The van der Waals surface area contributed by atoms with Crippen LogP contribution in [0.15, 0.2) is 97.1 Å². The van der Waals surface area contributed by atoms with Crippen LogP contribution in [0.4, 0.5) is 5.69 Å². The van der Waals surface area contributed by atoms with E-state index in [1.54, 1.807) is 18.2 Å². The van der Waals surface area contributed by atoms with Crippen LogP contribution >= 0.6 is 0 Å². The third-order valence-electron chi connectivity index (χ3n) is 8.08. The number of benzene rings is 3. The molecule has 4 aromatic rings. The average molecular weight is 605 g/mol. The van der Waals surface area contributed by atoms with Crippen LogP contribution in [0.25, 0.3) is 17.0 Å². The summed E-state index contributed by atoms with van der Waals surface area (Å²) in [4.78, 5) is 11.8. The van der Waals surface area contributed by atoms with Crippen molar-refractivity contribution in [3.63, 3.8) is 0 Å². The van der Waals surface area contributed by atoms with Gasteiger partial charge in [0.05, 0.1) is 18.8 Å². The smallest absolute Gasteiger partial charge is 0.335 e. The molecule has 1 aliphatic carbocycles. The quantitative estimate of drug-likeness (QED) is 0.0929. The molecule has 3 aromatic carbocycles. The lowest BCUT2D eigenvalue weighted by Gasteiger charge is -2.13. The Morgan fingerprint density at radius 1 is 0.933 bits per heavy atom. The Morgan fingerprint density at radius 3 is 2.49 bits per heavy atom. The third kappa shape index (κ3) is 8.69. The predicted octanol–water partition coefficient (Wildman–Crippen LogP) is 9.10. The fourth-order valence-electron chi connectivity index (χ4n) is 5.83. The maximum atomic E-state index is 11.8. The minimum atomic E-state index is -0.994. The van der Waals surface area contributed by atoms with E-state index in [-0.39, 0.29) is 5.56 Å². The van der Waals surface area contributed by atoms with Gasteiger partial charge in [0.2, 0.25) is 0 Å². The molecule has 0 spiro atoms. The van der Waals surface area contributed by atoms with Crippen LogP contribution in [0.3, 0.4) is 0 Å². The van der Waals surface area contributed by atoms with Gasteiger partial charge in [-0.3, -0.25) is 0 Å². The number of aromatic nitrogens is 1. The average Bonchev–Trinajstić information content (AvgIpc) is 3.38. The van der Waals surface area contributed by atoms with E-state index < -0.39 is 5.97 Å². The summed E-state index contributed by atoms with van der Waals surface area (Å²) in [5, 5.41) is 14.5. The number of allylic oxidation sites excluding steroid dienone is 5. The highest BCUT2D eigenvalue weighted by molar-refractivity contribution is 5.89. The van der Waals surface area contributed by atoms with Gasteiger partial charge in [0.1, 0.15) is 11.5 Å². The maximum Gasteiger partial charge on any atom is 0.335 e. The molecule has 6 nitrogen and oxygen atoms in total. The molecule has 0 saturated heterocycles. The Kier molecular flexibility index (Phi) is 11.5. The van der Waals surface area contributed by atoms with Gasteiger partial charge in [-0.15, -0.1) is 0 Å². The Bertz CT molecular complexity index is 1660. The van der Waals surface area contributed by atoms with Crippen molar-refractivity contribution in [3.05, 3.63) is 119 Å². The number of nitrogens with one attached hydrogen (secondary N) is 1. The predicted molar refractivity (Wildman–Crippen MR) is 185 cm³/mol. The fourth-order valence-corrected chi connectivity index (χ4v) is 5.83. The van der Waals surface area contributed by atoms with Gasteiger partial charge >= 0.3 is 5.97 Å². The van der Waals surface area contributed by atoms with Gasteiger partial charge in [-0.1, -0.05) is 66.8 Å². The number of para-hydroxylation sites is 2. The third-order valence-corrected chi connectivity index (χ3v) is 8.08. The number of anilines is 1. The fraction of sp³-hybridized carbons (Fsp3) is 0.308. The van der Waals surface area contributed by atoms with Crippen LogP contribution in [-0.2, 0) is 19.4 Å². The van der Waals surface area contributed by atoms with Gasteiger partial charge in [0.25, 0.3) is 0 Å². The van der Waals surface area contributed by atoms with Crippen LogP contribution in [-0.4, -0.2) is 35.4 Å². The van der Waals surface area contributed by atoms with Gasteiger partial charge in [0, 0.05) is 41.4 Å². The van der Waals surface area contributed by atoms with Crippen molar-refractivity contribution in [3.8, 4) is 11.5 Å². The SMILES string of the molecule is C/C=C\C=C/Cc1ccccc1NCCCCOc1cc(OCCCCn2c3c(c4ccccc42)CCC=C3)cc(C(=O)O)c1. The molecule has 0 aliphatic heterocycles. The molecule has 45 heavy (non-hydrogen) atoms. The highest BCUT2D eigenvalue weighted by Gasteiger charge is 2.16. The van der Waals surface area contributed by atoms with Crippen LogP contribution in [0.5, 0.6) is 11.5 Å². The molecule has 234 valence electrons. The number of carbonyl (C=O) groups is 1. The van der Waals surface area contributed by atoms with E-state index in [4.69, 9.17) is 9.47 Å². The molecular weight excluding hydrogens is 560 g/mol. The van der Waals surface area contributed by atoms with Crippen LogP contribution in [0.2, 0.25) is 0 Å². The Balaban J connectivity index is 1.07. The molecule has 2 N–H and O–H groups in total. The zero-order valence-corrected chi connectivity index (χ0v) is 26.2. The van der Waals surface area contributed by atoms with Gasteiger partial charge in [-0.05, 0) is 93.3 Å². The number of aryl methyl sites for hydroxylation is 2. The number of carboxylic acids is 1. The van der Waals surface area contributed by atoms with Gasteiger partial charge in [-0.2, -0.15) is 0 Å². The first-order valence-electron chi connectivity index (χ1n) is 16.1. The Labute approximate surface area is 266 Å². The van der Waals surface area contributed by atoms with Crippen LogP contribution < -0.4 is 14.8 Å². The number of unbranched alkanes of at least 4 members (excludes halogenated alkanes) is 2. The summed E-state index contributed by atoms with van der Waals surface area (Å²) >= 11 is 0. The summed E-state index contributed by atoms with van der Waals surface area (Å²) in [5.41, 5.74) is 6.65. The number of hydrogen-bond acceptors (Lipinski definition) is 4. The summed E-state index contributed by atoms with van der Waals surface area (Å²) in [6.07, 6.45) is 19.5. The molecule has 1 aliphatic rings. The highest BCUT2D eigenvalue weighted by atomic mass is 16.5. The molecule has 0 unspecified atom stereocenters. The molecule has 1 aromatic heterocycles. The molecule has 0 bridgehead atoms. The number of hydrogen-bond donors (Lipinski definition) is 2. The van der Waals surface area contributed by atoms with E-state index in [0.29, 0.717) is 24.7 Å². The number of ether oxygens (including phenoxy) is 2. The second-order valence-corrected chi connectivity index (χ2v) is 11.3. The standard InChI is InChI=1S/C39H44N2O4/c1-2-3-4-5-16-30-17-6-9-20-36(30)40-23-12-14-25-44-32-27-31(39(42)43)28-33(29-32)45-26-15-13-24-41-37-21-10-7-18-34(37)35-19-8-11-22-38(35)41/h2-7,9-11,17-18,20-22,27-29,40H,8,12-16,19,23-26H2,1H3,(H,42,43)/b3-2-,5-4-. The molecule has 6 heteroatoms. The van der Waals surface area contributed by atoms with E-state index in [1.165, 1.54) is 27.7 Å². The minimum Gasteiger partial charge on any atom is -0.493 e. The summed E-state index contributed by atoms with van der Waals surface area (Å²) in [6, 6.07) is 22.0. The monoisotopic (exact) mass is 604 g/mol. The zero-order valence-electron chi connectivity index (χ0n) is 26.2. The summed E-state index contributed by atoms with van der Waals surface area (Å²) in [6.45, 7) is 4.78. The second kappa shape index (κ2) is 16.4. The van der Waals surface area contributed by atoms with Gasteiger partial charge < -0.3 is 24.5 Å². The van der Waals surface area contributed by atoms with Crippen molar-refractivity contribution < 1.29 is 19.4 Å². The largest absolute Gasteiger partial charge is 0.493 e. The number of fused-ring (bicyclic) bond motifs is 3. The van der Waals surface area contributed by atoms with Crippen molar-refractivity contribution in [1.82, 2.24) is 4.57 Å². The maximum absolute atomic E-state index is 11.8. The topological polar surface area (TPSA) is 72.7 Å². The number of rotatable bonds is 17. The Hall–Kier alpha value is -4.71. The summed E-state index contributed by atoms with van der Waals surface area (Å²) in [5.74, 6) is 0.0535. The van der Waals surface area contributed by atoms with Crippen LogP contribution in [0, 0.1) is 0 Å². The van der Waals surface area contributed by atoms with Crippen LogP contribution in [0.1, 0.15) is 66.2 Å². The van der Waals surface area contributed by atoms with E-state index in [1.807, 2.05) is 25.1 Å². The molecule has 0 amide bonds. The molecule has 1 heterocycles. The van der Waals surface area contributed by atoms with Crippen molar-refractivity contribution >= 4 is 28.6 Å². The van der Waals surface area contributed by atoms with E-state index in [0.717, 1.165) is 63.7 Å². The normalized spacial score (nSPS) is 12.6. The van der Waals surface area contributed by atoms with Gasteiger partial charge in [0.15, 0.2) is 0 Å². The molecule has 0 saturated carbocycles. The lowest BCUT2D eigenvalue weighted by Crippen LogP contribution is -2.07. The van der Waals surface area contributed by atoms with E-state index >= 15 is 0 Å². The molecular formula is C39H44N2O4. The van der Waals surface area contributed by atoms with Crippen molar-refractivity contribution in [1.29, 1.82) is 0 Å². The zero-order chi connectivity index (χ0) is 31.3. The molecule has 0 atom stereocenters. The number of aromatic carboxylic acids is 1. The Morgan fingerprint density at radius 2 is 1.69 bits per heavy atom. The molecule has 5 rings (SSSR count). The summed E-state index contributed by atoms with van der Waals surface area (Å²) in [7, 11) is 0. The lowest BCUT2D eigenvalue weighted by atomic mass is 10.0. The summed E-state index contributed by atoms with van der Waals surface area (Å²) < 4.78 is 14.4. The van der Waals surface area contributed by atoms with Crippen molar-refractivity contribution in [2.24, 2.45) is 0 Å². The molecule has 0 radical (unpaired) electrons. The van der Waals surface area contributed by atoms with Gasteiger partial charge in [-0.25, -0.2) is 4.79 Å². The number of carboxylic acid groups (broad SMARTS) is 1. The van der Waals surface area contributed by atoms with Crippen molar-refractivity contribution in [2.45, 2.75) is 58.4 Å². The first-order valence-corrected chi connectivity index (χ1v) is 16.1. The molecule has 0 fully saturated rings. The first-order chi connectivity index (χ1) is 22.1.